The van der Waals surface area contributed by atoms with Gasteiger partial charge in [0.2, 0.25) is 5.96 Å². The Morgan fingerprint density at radius 2 is 2.00 bits per heavy atom. The van der Waals surface area contributed by atoms with Crippen molar-refractivity contribution in [2.24, 2.45) is 15.8 Å². The fourth-order valence-corrected chi connectivity index (χ4v) is 0.814. The van der Waals surface area contributed by atoms with E-state index in [0.717, 1.165) is 5.75 Å². The third-order valence-corrected chi connectivity index (χ3v) is 1.43. The molecule has 0 saturated heterocycles. The van der Waals surface area contributed by atoms with Crippen LogP contribution < -0.4 is 10.5 Å². The van der Waals surface area contributed by atoms with E-state index in [-0.39, 0.29) is 5.96 Å². The summed E-state index contributed by atoms with van der Waals surface area (Å²) in [5.41, 5.74) is 12.5. The van der Waals surface area contributed by atoms with Crippen molar-refractivity contribution < 1.29 is 4.74 Å². The van der Waals surface area contributed by atoms with Gasteiger partial charge in [0.05, 0.1) is 12.8 Å². The van der Waals surface area contributed by atoms with Crippen LogP contribution in [0.3, 0.4) is 0 Å². The van der Waals surface area contributed by atoms with Crippen LogP contribution in [-0.2, 0) is 0 Å². The Morgan fingerprint density at radius 3 is 2.46 bits per heavy atom. The van der Waals surface area contributed by atoms with Crippen molar-refractivity contribution in [1.29, 1.82) is 5.53 Å². The molecule has 0 spiro atoms. The predicted molar refractivity (Wildman–Crippen MR) is 49.4 cm³/mol. The maximum atomic E-state index is 6.58. The van der Waals surface area contributed by atoms with Crippen LogP contribution in [-0.4, -0.2) is 13.1 Å². The van der Waals surface area contributed by atoms with E-state index in [9.17, 15) is 0 Å². The van der Waals surface area contributed by atoms with Crippen LogP contribution in [0.2, 0.25) is 0 Å². The first kappa shape index (κ1) is 9.18. The van der Waals surface area contributed by atoms with Crippen LogP contribution in [0.5, 0.6) is 5.75 Å². The molecule has 1 rings (SSSR count). The standard InChI is InChI=1S/C8H10N4O/c1-13-7-4-2-6(3-5-7)11-8(9)12-10/h2-5,10H,1H3,(H2,9,11). The molecule has 13 heavy (non-hydrogen) atoms. The largest absolute Gasteiger partial charge is 0.497 e. The van der Waals surface area contributed by atoms with E-state index in [1.807, 2.05) is 0 Å². The minimum Gasteiger partial charge on any atom is -0.497 e. The topological polar surface area (TPSA) is 83.8 Å². The first-order chi connectivity index (χ1) is 6.26. The van der Waals surface area contributed by atoms with Crippen LogP contribution in [0, 0.1) is 5.53 Å². The highest BCUT2D eigenvalue weighted by Gasteiger charge is 1.92. The molecule has 0 aliphatic rings. The first-order valence-corrected chi connectivity index (χ1v) is 3.62. The van der Waals surface area contributed by atoms with E-state index in [4.69, 9.17) is 16.0 Å². The molecule has 68 valence electrons. The van der Waals surface area contributed by atoms with Gasteiger partial charge in [0, 0.05) is 0 Å². The van der Waals surface area contributed by atoms with Crippen molar-refractivity contribution in [1.82, 2.24) is 0 Å². The normalized spacial score (nSPS) is 11.0. The molecule has 3 N–H and O–H groups in total. The molecule has 0 fully saturated rings. The summed E-state index contributed by atoms with van der Waals surface area (Å²) in [4.78, 5) is 3.84. The van der Waals surface area contributed by atoms with Gasteiger partial charge in [-0.05, 0) is 24.3 Å². The smallest absolute Gasteiger partial charge is 0.239 e. The minimum absolute atomic E-state index is 0.0647. The van der Waals surface area contributed by atoms with Crippen molar-refractivity contribution in [3.05, 3.63) is 24.3 Å². The number of hydrogen-bond donors (Lipinski definition) is 2. The molecule has 0 aromatic heterocycles. The summed E-state index contributed by atoms with van der Waals surface area (Å²) in [7, 11) is 1.59. The molecule has 0 bridgehead atoms. The zero-order valence-corrected chi connectivity index (χ0v) is 7.19. The number of nitrogens with zero attached hydrogens (tertiary/aromatic N) is 2. The summed E-state index contributed by atoms with van der Waals surface area (Å²) in [6.07, 6.45) is 0. The molecule has 0 heterocycles. The molecule has 0 amide bonds. The van der Waals surface area contributed by atoms with E-state index >= 15 is 0 Å². The van der Waals surface area contributed by atoms with Gasteiger partial charge >= 0.3 is 0 Å². The Balaban J connectivity index is 2.86. The van der Waals surface area contributed by atoms with Crippen molar-refractivity contribution in [2.75, 3.05) is 7.11 Å². The van der Waals surface area contributed by atoms with Gasteiger partial charge in [-0.15, -0.1) is 5.11 Å². The summed E-state index contributed by atoms with van der Waals surface area (Å²) in [5.74, 6) is 0.686. The lowest BCUT2D eigenvalue weighted by atomic mass is 10.3. The fourth-order valence-electron chi connectivity index (χ4n) is 0.814. The zero-order chi connectivity index (χ0) is 9.68. The van der Waals surface area contributed by atoms with Gasteiger partial charge in [-0.3, -0.25) is 0 Å². The van der Waals surface area contributed by atoms with Crippen LogP contribution >= 0.6 is 0 Å². The molecule has 1 aromatic rings. The number of ether oxygens (including phenoxy) is 1. The van der Waals surface area contributed by atoms with E-state index in [0.29, 0.717) is 5.69 Å². The van der Waals surface area contributed by atoms with Gasteiger partial charge in [-0.25, -0.2) is 10.5 Å². The highest BCUT2D eigenvalue weighted by molar-refractivity contribution is 5.80. The molecule has 1 aromatic carbocycles. The van der Waals surface area contributed by atoms with E-state index in [1.165, 1.54) is 0 Å². The molecule has 5 heteroatoms. The lowest BCUT2D eigenvalue weighted by Crippen LogP contribution is -2.05. The van der Waals surface area contributed by atoms with Crippen LogP contribution in [0.1, 0.15) is 0 Å². The highest BCUT2D eigenvalue weighted by atomic mass is 16.5. The van der Waals surface area contributed by atoms with Crippen molar-refractivity contribution in [3.63, 3.8) is 0 Å². The molecule has 0 atom stereocenters. The van der Waals surface area contributed by atoms with Crippen LogP contribution in [0.15, 0.2) is 34.4 Å². The number of methoxy groups -OCH3 is 1. The molecular weight excluding hydrogens is 168 g/mol. The average Bonchev–Trinajstić information content (AvgIpc) is 2.19. The SMILES string of the molecule is COc1ccc(N=C(N)N=N)cc1. The number of nitrogens with two attached hydrogens (primary N) is 1. The van der Waals surface area contributed by atoms with E-state index < -0.39 is 0 Å². The quantitative estimate of drug-likeness (QED) is 0.410. The number of guanidine groups is 1. The Kier molecular flexibility index (Phi) is 2.97. The second kappa shape index (κ2) is 4.20. The summed E-state index contributed by atoms with van der Waals surface area (Å²) in [5, 5.41) is 2.97. The van der Waals surface area contributed by atoms with Gasteiger partial charge in [-0.1, -0.05) is 0 Å². The monoisotopic (exact) mass is 178 g/mol. The molecule has 0 radical (unpaired) electrons. The fraction of sp³-hybridized carbons (Fsp3) is 0.125. The first-order valence-electron chi connectivity index (χ1n) is 3.62. The Hall–Kier alpha value is -1.91. The van der Waals surface area contributed by atoms with Gasteiger partial charge < -0.3 is 10.5 Å². The number of hydrogen-bond acceptors (Lipinski definition) is 3. The number of rotatable bonds is 2. The minimum atomic E-state index is -0.0647. The molecule has 0 saturated carbocycles. The predicted octanol–water partition coefficient (Wildman–Crippen LogP) is 1.67. The number of benzene rings is 1. The summed E-state index contributed by atoms with van der Waals surface area (Å²) < 4.78 is 4.96. The lowest BCUT2D eigenvalue weighted by Gasteiger charge is -1.98. The average molecular weight is 178 g/mol. The maximum absolute atomic E-state index is 6.58. The molecule has 0 unspecified atom stereocenters. The van der Waals surface area contributed by atoms with Crippen molar-refractivity contribution in [2.45, 2.75) is 0 Å². The van der Waals surface area contributed by atoms with Gasteiger partial charge in [0.1, 0.15) is 5.75 Å². The number of aliphatic imine (C=N–C) groups is 1. The second-order valence-electron chi connectivity index (χ2n) is 2.28. The van der Waals surface area contributed by atoms with Crippen molar-refractivity contribution >= 4 is 11.6 Å². The van der Waals surface area contributed by atoms with Crippen molar-refractivity contribution in [3.8, 4) is 5.75 Å². The van der Waals surface area contributed by atoms with Gasteiger partial charge in [0.25, 0.3) is 0 Å². The van der Waals surface area contributed by atoms with E-state index in [1.54, 1.807) is 31.4 Å². The van der Waals surface area contributed by atoms with Gasteiger partial charge in [0.15, 0.2) is 0 Å². The molecule has 0 aliphatic carbocycles. The Morgan fingerprint density at radius 1 is 1.38 bits per heavy atom. The second-order valence-corrected chi connectivity index (χ2v) is 2.28. The van der Waals surface area contributed by atoms with Gasteiger partial charge in [-0.2, -0.15) is 0 Å². The molecule has 5 nitrogen and oxygen atoms in total. The molecular formula is C8H10N4O. The maximum Gasteiger partial charge on any atom is 0.239 e. The third kappa shape index (κ3) is 2.55. The summed E-state index contributed by atoms with van der Waals surface area (Å²) in [6.45, 7) is 0. The zero-order valence-electron chi connectivity index (χ0n) is 7.19. The highest BCUT2D eigenvalue weighted by Crippen LogP contribution is 2.17. The third-order valence-electron chi connectivity index (χ3n) is 1.43. The Bertz CT molecular complexity index is 317. The summed E-state index contributed by atoms with van der Waals surface area (Å²) in [6, 6.07) is 6.99. The van der Waals surface area contributed by atoms with E-state index in [2.05, 4.69) is 10.1 Å². The summed E-state index contributed by atoms with van der Waals surface area (Å²) >= 11 is 0. The lowest BCUT2D eigenvalue weighted by molar-refractivity contribution is 0.415. The van der Waals surface area contributed by atoms with Crippen LogP contribution in [0.25, 0.3) is 0 Å². The Labute approximate surface area is 75.7 Å². The molecule has 0 aliphatic heterocycles. The van der Waals surface area contributed by atoms with Crippen LogP contribution in [0.4, 0.5) is 5.69 Å². The number of nitrogens with one attached hydrogen (secondary N) is 1.